The lowest BCUT2D eigenvalue weighted by Gasteiger charge is -2.33. The molecule has 12 heteroatoms. The number of amides is 2. The number of anilines is 1. The number of rotatable bonds is 13. The molecule has 45 heavy (non-hydrogen) atoms. The summed E-state index contributed by atoms with van der Waals surface area (Å²) < 4.78 is 79.7. The summed E-state index contributed by atoms with van der Waals surface area (Å²) in [6.45, 7) is -0.258. The number of nitrogens with one attached hydrogen (secondary N) is 1. The molecule has 1 aliphatic carbocycles. The molecule has 1 fully saturated rings. The van der Waals surface area contributed by atoms with E-state index in [9.17, 15) is 35.6 Å². The number of alkyl halides is 3. The minimum atomic E-state index is -4.66. The molecule has 1 unspecified atom stereocenters. The van der Waals surface area contributed by atoms with Crippen LogP contribution in [0.25, 0.3) is 0 Å². The standard InChI is InChI=1S/C33H37F4N3O4S/c1-45(43,44)40(29-14-7-11-26(22-29)33(35,36)37)20-8-15-31(41)39(23-25-16-18-27(34)19-17-25)30(21-24-9-3-2-4-10-24)32(42)38-28-12-5-6-13-28/h2-4,7,9-11,14,16-19,22,28,30H,5-6,8,12-13,15,20-21,23H2,1H3,(H,38,42). The van der Waals surface area contributed by atoms with Crippen LogP contribution in [-0.4, -0.2) is 50.0 Å². The molecule has 1 N–H and O–H groups in total. The predicted molar refractivity (Wildman–Crippen MR) is 164 cm³/mol. The number of carbonyl (C=O) groups excluding carboxylic acids is 2. The van der Waals surface area contributed by atoms with Crippen molar-refractivity contribution in [1.82, 2.24) is 10.2 Å². The van der Waals surface area contributed by atoms with Gasteiger partial charge in [-0.1, -0.05) is 61.4 Å². The van der Waals surface area contributed by atoms with Gasteiger partial charge in [0.15, 0.2) is 0 Å². The molecule has 3 aromatic carbocycles. The lowest BCUT2D eigenvalue weighted by Crippen LogP contribution is -2.52. The van der Waals surface area contributed by atoms with Gasteiger partial charge in [-0.05, 0) is 60.7 Å². The zero-order chi connectivity index (χ0) is 32.6. The van der Waals surface area contributed by atoms with E-state index in [4.69, 9.17) is 0 Å². The molecule has 0 aliphatic heterocycles. The summed E-state index contributed by atoms with van der Waals surface area (Å²) in [5, 5.41) is 3.09. The Kier molecular flexibility index (Phi) is 11.2. The van der Waals surface area contributed by atoms with Crippen molar-refractivity contribution in [3.05, 3.63) is 101 Å². The molecule has 1 atom stereocenters. The number of sulfonamides is 1. The summed E-state index contributed by atoms with van der Waals surface area (Å²) in [5.41, 5.74) is 0.264. The summed E-state index contributed by atoms with van der Waals surface area (Å²) in [6, 6.07) is 17.9. The number of hydrogen-bond donors (Lipinski definition) is 1. The van der Waals surface area contributed by atoms with Crippen molar-refractivity contribution in [2.45, 2.75) is 69.8 Å². The van der Waals surface area contributed by atoms with E-state index in [-0.39, 0.29) is 50.0 Å². The second kappa shape index (κ2) is 14.9. The van der Waals surface area contributed by atoms with Crippen LogP contribution in [0, 0.1) is 5.82 Å². The van der Waals surface area contributed by atoms with Crippen LogP contribution in [0.2, 0.25) is 0 Å². The highest BCUT2D eigenvalue weighted by Crippen LogP contribution is 2.32. The predicted octanol–water partition coefficient (Wildman–Crippen LogP) is 6.09. The maximum absolute atomic E-state index is 13.9. The molecule has 0 heterocycles. The Morgan fingerprint density at radius 2 is 1.60 bits per heavy atom. The monoisotopic (exact) mass is 647 g/mol. The van der Waals surface area contributed by atoms with Crippen molar-refractivity contribution in [3.63, 3.8) is 0 Å². The zero-order valence-electron chi connectivity index (χ0n) is 25.0. The van der Waals surface area contributed by atoms with E-state index in [0.717, 1.165) is 60.0 Å². The van der Waals surface area contributed by atoms with E-state index >= 15 is 0 Å². The first-order chi connectivity index (χ1) is 21.3. The summed E-state index contributed by atoms with van der Waals surface area (Å²) >= 11 is 0. The quantitative estimate of drug-likeness (QED) is 0.228. The van der Waals surface area contributed by atoms with E-state index in [0.29, 0.717) is 5.56 Å². The molecule has 4 rings (SSSR count). The van der Waals surface area contributed by atoms with E-state index in [1.165, 1.54) is 35.2 Å². The highest BCUT2D eigenvalue weighted by Gasteiger charge is 2.33. The van der Waals surface area contributed by atoms with Crippen LogP contribution >= 0.6 is 0 Å². The van der Waals surface area contributed by atoms with E-state index in [2.05, 4.69) is 5.32 Å². The van der Waals surface area contributed by atoms with Gasteiger partial charge < -0.3 is 10.2 Å². The van der Waals surface area contributed by atoms with Crippen molar-refractivity contribution in [2.24, 2.45) is 0 Å². The fourth-order valence-corrected chi connectivity index (χ4v) is 6.51. The van der Waals surface area contributed by atoms with Gasteiger partial charge in [-0.25, -0.2) is 12.8 Å². The summed E-state index contributed by atoms with van der Waals surface area (Å²) in [4.78, 5) is 29.1. The van der Waals surface area contributed by atoms with E-state index in [1.807, 2.05) is 30.3 Å². The van der Waals surface area contributed by atoms with Crippen molar-refractivity contribution in [1.29, 1.82) is 0 Å². The third kappa shape index (κ3) is 9.78. The van der Waals surface area contributed by atoms with Gasteiger partial charge in [-0.2, -0.15) is 13.2 Å². The van der Waals surface area contributed by atoms with Crippen LogP contribution in [-0.2, 0) is 38.8 Å². The van der Waals surface area contributed by atoms with Gasteiger partial charge in [0.1, 0.15) is 11.9 Å². The Hall–Kier alpha value is -3.93. The van der Waals surface area contributed by atoms with Gasteiger partial charge in [0.05, 0.1) is 17.5 Å². The Morgan fingerprint density at radius 1 is 0.933 bits per heavy atom. The molecule has 0 aromatic heterocycles. The van der Waals surface area contributed by atoms with Gasteiger partial charge in [0.2, 0.25) is 21.8 Å². The van der Waals surface area contributed by atoms with Gasteiger partial charge in [-0.3, -0.25) is 13.9 Å². The maximum atomic E-state index is 13.9. The third-order valence-electron chi connectivity index (χ3n) is 7.85. The van der Waals surface area contributed by atoms with Crippen LogP contribution in [0.15, 0.2) is 78.9 Å². The molecule has 1 aliphatic rings. The largest absolute Gasteiger partial charge is 0.416 e. The van der Waals surface area contributed by atoms with Crippen molar-refractivity contribution in [2.75, 3.05) is 17.1 Å². The molecular weight excluding hydrogens is 610 g/mol. The topological polar surface area (TPSA) is 86.8 Å². The van der Waals surface area contributed by atoms with Crippen LogP contribution in [0.3, 0.4) is 0 Å². The van der Waals surface area contributed by atoms with Gasteiger partial charge in [-0.15, -0.1) is 0 Å². The second-order valence-corrected chi connectivity index (χ2v) is 13.2. The molecule has 1 saturated carbocycles. The molecule has 242 valence electrons. The Labute approximate surface area is 261 Å². The molecular formula is C33H37F4N3O4S. The van der Waals surface area contributed by atoms with Crippen molar-refractivity contribution in [3.8, 4) is 0 Å². The average molecular weight is 648 g/mol. The molecule has 0 spiro atoms. The Morgan fingerprint density at radius 3 is 2.22 bits per heavy atom. The van der Waals surface area contributed by atoms with Crippen LogP contribution in [0.5, 0.6) is 0 Å². The van der Waals surface area contributed by atoms with Crippen molar-refractivity contribution >= 4 is 27.5 Å². The first-order valence-electron chi connectivity index (χ1n) is 14.8. The molecule has 0 saturated heterocycles. The Bertz CT molecular complexity index is 1540. The fraction of sp³-hybridized carbons (Fsp3) is 0.394. The first-order valence-corrected chi connectivity index (χ1v) is 16.7. The van der Waals surface area contributed by atoms with Crippen LogP contribution < -0.4 is 9.62 Å². The average Bonchev–Trinajstić information content (AvgIpc) is 3.50. The number of hydrogen-bond acceptors (Lipinski definition) is 4. The molecule has 0 bridgehead atoms. The van der Waals surface area contributed by atoms with Crippen LogP contribution in [0.4, 0.5) is 23.2 Å². The number of halogens is 4. The Balaban J connectivity index is 1.59. The number of carbonyl (C=O) groups is 2. The summed E-state index contributed by atoms with van der Waals surface area (Å²) in [5.74, 6) is -1.21. The third-order valence-corrected chi connectivity index (χ3v) is 9.05. The zero-order valence-corrected chi connectivity index (χ0v) is 25.8. The maximum Gasteiger partial charge on any atom is 0.416 e. The van der Waals surface area contributed by atoms with E-state index < -0.39 is 39.5 Å². The van der Waals surface area contributed by atoms with Gasteiger partial charge in [0, 0.05) is 32.0 Å². The molecule has 0 radical (unpaired) electrons. The van der Waals surface area contributed by atoms with E-state index in [1.54, 1.807) is 0 Å². The number of nitrogens with zero attached hydrogens (tertiary/aromatic N) is 2. The number of benzene rings is 3. The fourth-order valence-electron chi connectivity index (χ4n) is 5.55. The van der Waals surface area contributed by atoms with Crippen molar-refractivity contribution < 1.29 is 35.6 Å². The molecule has 2 amide bonds. The minimum Gasteiger partial charge on any atom is -0.352 e. The highest BCUT2D eigenvalue weighted by atomic mass is 32.2. The summed E-state index contributed by atoms with van der Waals surface area (Å²) in [7, 11) is -3.99. The van der Waals surface area contributed by atoms with Gasteiger partial charge >= 0.3 is 6.18 Å². The smallest absolute Gasteiger partial charge is 0.352 e. The minimum absolute atomic E-state index is 0.00187. The van der Waals surface area contributed by atoms with Gasteiger partial charge in [0.25, 0.3) is 0 Å². The van der Waals surface area contributed by atoms with Crippen LogP contribution in [0.1, 0.15) is 55.2 Å². The lowest BCUT2D eigenvalue weighted by molar-refractivity contribution is -0.141. The molecule has 7 nitrogen and oxygen atoms in total. The summed E-state index contributed by atoms with van der Waals surface area (Å²) in [6.07, 6.45) is -0.101. The lowest BCUT2D eigenvalue weighted by atomic mass is 10.0. The normalized spacial score (nSPS) is 14.6. The SMILES string of the molecule is CS(=O)(=O)N(CCCC(=O)N(Cc1ccc(F)cc1)C(Cc1ccccc1)C(=O)NC1CCCC1)c1cccc(C(F)(F)F)c1. The first kappa shape index (κ1) is 34.0. The highest BCUT2D eigenvalue weighted by molar-refractivity contribution is 7.92. The second-order valence-electron chi connectivity index (χ2n) is 11.3. The molecule has 3 aromatic rings.